The number of carboxylic acid groups (broad SMARTS) is 1. The lowest BCUT2D eigenvalue weighted by Gasteiger charge is -2.10. The first-order valence-electron chi connectivity index (χ1n) is 7.85. The van der Waals surface area contributed by atoms with Crippen molar-refractivity contribution in [2.45, 2.75) is 33.1 Å². The van der Waals surface area contributed by atoms with E-state index in [9.17, 15) is 9.59 Å². The number of hydrogen-bond donors (Lipinski definition) is 2. The molecule has 0 spiro atoms. The van der Waals surface area contributed by atoms with E-state index in [-0.39, 0.29) is 11.5 Å². The Bertz CT molecular complexity index is 849. The number of aromatic nitrogens is 2. The van der Waals surface area contributed by atoms with Crippen molar-refractivity contribution in [1.82, 2.24) is 9.78 Å². The molecule has 2 aromatic rings. The Morgan fingerprint density at radius 3 is 2.67 bits per heavy atom. The molecule has 1 heterocycles. The first-order chi connectivity index (χ1) is 11.5. The highest BCUT2D eigenvalue weighted by molar-refractivity contribution is 6.04. The van der Waals surface area contributed by atoms with Crippen molar-refractivity contribution in [2.75, 3.05) is 5.32 Å². The van der Waals surface area contributed by atoms with Crippen molar-refractivity contribution in [1.29, 1.82) is 0 Å². The molecule has 0 aliphatic heterocycles. The van der Waals surface area contributed by atoms with Crippen molar-refractivity contribution in [3.63, 3.8) is 0 Å². The molecule has 3 rings (SSSR count). The molecule has 0 atom stereocenters. The van der Waals surface area contributed by atoms with E-state index < -0.39 is 5.97 Å². The summed E-state index contributed by atoms with van der Waals surface area (Å²) < 4.78 is 1.55. The van der Waals surface area contributed by atoms with Gasteiger partial charge in [-0.15, -0.1) is 0 Å². The fraction of sp³-hybridized carbons (Fsp3) is 0.278. The number of nitrogens with zero attached hydrogens (tertiary/aromatic N) is 2. The number of benzene rings is 1. The Morgan fingerprint density at radius 1 is 1.25 bits per heavy atom. The standard InChI is InChI=1S/C18H19N3O3/c1-11-5-3-8-15(11)17(22)20-13-6-4-7-14(9-13)21-12(2)16(10-19-21)18(23)24/h4,6-7,9-10H,3,5,8H2,1-2H3,(H,20,22)(H,23,24). The van der Waals surface area contributed by atoms with Crippen molar-refractivity contribution in [3.05, 3.63) is 52.9 Å². The fourth-order valence-electron chi connectivity index (χ4n) is 3.00. The van der Waals surface area contributed by atoms with Crippen molar-refractivity contribution < 1.29 is 14.7 Å². The highest BCUT2D eigenvalue weighted by Crippen LogP contribution is 2.27. The monoisotopic (exact) mass is 325 g/mol. The van der Waals surface area contributed by atoms with Gasteiger partial charge in [0.15, 0.2) is 0 Å². The molecule has 0 saturated heterocycles. The zero-order chi connectivity index (χ0) is 17.3. The summed E-state index contributed by atoms with van der Waals surface area (Å²) in [5.41, 5.74) is 4.09. The molecule has 1 amide bonds. The Morgan fingerprint density at radius 2 is 2.04 bits per heavy atom. The molecular weight excluding hydrogens is 306 g/mol. The lowest BCUT2D eigenvalue weighted by atomic mass is 10.1. The van der Waals surface area contributed by atoms with Crippen LogP contribution in [0, 0.1) is 6.92 Å². The van der Waals surface area contributed by atoms with Crippen LogP contribution in [-0.2, 0) is 4.79 Å². The van der Waals surface area contributed by atoms with Gasteiger partial charge in [-0.25, -0.2) is 9.48 Å². The average molecular weight is 325 g/mol. The molecule has 24 heavy (non-hydrogen) atoms. The molecule has 1 aromatic heterocycles. The van der Waals surface area contributed by atoms with Crippen LogP contribution in [0.1, 0.15) is 42.2 Å². The minimum atomic E-state index is -1.01. The normalized spacial score (nSPS) is 14.1. The largest absolute Gasteiger partial charge is 0.478 e. The smallest absolute Gasteiger partial charge is 0.339 e. The summed E-state index contributed by atoms with van der Waals surface area (Å²) in [5.74, 6) is -1.07. The zero-order valence-corrected chi connectivity index (χ0v) is 13.7. The molecule has 0 saturated carbocycles. The highest BCUT2D eigenvalue weighted by Gasteiger charge is 2.18. The van der Waals surface area contributed by atoms with E-state index in [2.05, 4.69) is 10.4 Å². The lowest BCUT2D eigenvalue weighted by molar-refractivity contribution is -0.113. The van der Waals surface area contributed by atoms with Gasteiger partial charge in [-0.2, -0.15) is 5.10 Å². The molecule has 6 heteroatoms. The van der Waals surface area contributed by atoms with Gasteiger partial charge < -0.3 is 10.4 Å². The van der Waals surface area contributed by atoms with Crippen LogP contribution >= 0.6 is 0 Å². The van der Waals surface area contributed by atoms with Gasteiger partial charge in [0.05, 0.1) is 17.6 Å². The predicted octanol–water partition coefficient (Wildman–Crippen LogP) is 3.32. The van der Waals surface area contributed by atoms with Crippen LogP contribution in [0.2, 0.25) is 0 Å². The van der Waals surface area contributed by atoms with Crippen molar-refractivity contribution >= 4 is 17.6 Å². The van der Waals surface area contributed by atoms with Gasteiger partial charge in [-0.3, -0.25) is 4.79 Å². The van der Waals surface area contributed by atoms with Gasteiger partial charge in [0.2, 0.25) is 0 Å². The molecule has 0 radical (unpaired) electrons. The Labute approximate surface area is 139 Å². The molecule has 1 aromatic carbocycles. The van der Waals surface area contributed by atoms with Crippen LogP contribution in [0.25, 0.3) is 5.69 Å². The number of carbonyl (C=O) groups excluding carboxylic acids is 1. The summed E-state index contributed by atoms with van der Waals surface area (Å²) in [5, 5.41) is 16.2. The number of allylic oxidation sites excluding steroid dienone is 1. The van der Waals surface area contributed by atoms with Crippen LogP contribution in [0.3, 0.4) is 0 Å². The third-order valence-electron chi connectivity index (χ3n) is 4.36. The summed E-state index contributed by atoms with van der Waals surface area (Å²) in [7, 11) is 0. The predicted molar refractivity (Wildman–Crippen MR) is 90.4 cm³/mol. The van der Waals surface area contributed by atoms with Crippen LogP contribution in [0.5, 0.6) is 0 Å². The second-order valence-corrected chi connectivity index (χ2v) is 5.98. The Hall–Kier alpha value is -2.89. The number of rotatable bonds is 4. The van der Waals surface area contributed by atoms with Gasteiger partial charge in [0.25, 0.3) is 5.91 Å². The van der Waals surface area contributed by atoms with Gasteiger partial charge in [-0.05, 0) is 51.3 Å². The zero-order valence-electron chi connectivity index (χ0n) is 13.7. The average Bonchev–Trinajstić information content (AvgIpc) is 3.13. The second kappa shape index (κ2) is 6.31. The van der Waals surface area contributed by atoms with Crippen molar-refractivity contribution in [2.24, 2.45) is 0 Å². The molecule has 1 aliphatic rings. The minimum absolute atomic E-state index is 0.0643. The molecular formula is C18H19N3O3. The number of carboxylic acids is 1. The van der Waals surface area contributed by atoms with E-state index in [0.29, 0.717) is 17.1 Å². The van der Waals surface area contributed by atoms with Crippen LogP contribution in [-0.4, -0.2) is 26.8 Å². The first kappa shape index (κ1) is 16.0. The van der Waals surface area contributed by atoms with Gasteiger partial charge in [0.1, 0.15) is 5.56 Å². The number of hydrogen-bond acceptors (Lipinski definition) is 3. The molecule has 2 N–H and O–H groups in total. The third-order valence-corrected chi connectivity index (χ3v) is 4.36. The van der Waals surface area contributed by atoms with E-state index in [1.165, 1.54) is 6.20 Å². The molecule has 1 aliphatic carbocycles. The van der Waals surface area contributed by atoms with Crippen LogP contribution in [0.4, 0.5) is 5.69 Å². The van der Waals surface area contributed by atoms with Gasteiger partial charge in [-0.1, -0.05) is 11.6 Å². The maximum Gasteiger partial charge on any atom is 0.339 e. The number of carbonyl (C=O) groups is 2. The minimum Gasteiger partial charge on any atom is -0.478 e. The van der Waals surface area contributed by atoms with E-state index in [1.54, 1.807) is 17.7 Å². The summed E-state index contributed by atoms with van der Waals surface area (Å²) in [6, 6.07) is 7.22. The first-order valence-corrected chi connectivity index (χ1v) is 7.85. The summed E-state index contributed by atoms with van der Waals surface area (Å²) in [6.45, 7) is 3.70. The maximum atomic E-state index is 12.4. The molecule has 124 valence electrons. The lowest BCUT2D eigenvalue weighted by Crippen LogP contribution is -2.14. The second-order valence-electron chi connectivity index (χ2n) is 5.98. The highest BCUT2D eigenvalue weighted by atomic mass is 16.4. The number of nitrogens with one attached hydrogen (secondary N) is 1. The third kappa shape index (κ3) is 2.95. The van der Waals surface area contributed by atoms with E-state index in [0.717, 1.165) is 30.4 Å². The topological polar surface area (TPSA) is 84.2 Å². The van der Waals surface area contributed by atoms with E-state index in [4.69, 9.17) is 5.11 Å². The molecule has 0 fully saturated rings. The maximum absolute atomic E-state index is 12.4. The Kier molecular flexibility index (Phi) is 4.20. The van der Waals surface area contributed by atoms with Crippen LogP contribution in [0.15, 0.2) is 41.6 Å². The van der Waals surface area contributed by atoms with E-state index >= 15 is 0 Å². The van der Waals surface area contributed by atoms with Crippen LogP contribution < -0.4 is 5.32 Å². The summed E-state index contributed by atoms with van der Waals surface area (Å²) in [4.78, 5) is 23.5. The number of anilines is 1. The quantitative estimate of drug-likeness (QED) is 0.903. The summed E-state index contributed by atoms with van der Waals surface area (Å²) >= 11 is 0. The number of amides is 1. The number of aromatic carboxylic acids is 1. The van der Waals surface area contributed by atoms with Gasteiger partial charge in [0, 0.05) is 11.3 Å². The Balaban J connectivity index is 1.86. The van der Waals surface area contributed by atoms with Gasteiger partial charge >= 0.3 is 5.97 Å². The summed E-state index contributed by atoms with van der Waals surface area (Å²) in [6.07, 6.45) is 4.15. The SMILES string of the molecule is CC1=C(C(=O)Nc2cccc(-n3ncc(C(=O)O)c3C)c2)CCC1. The molecule has 0 unspecified atom stereocenters. The molecule has 0 bridgehead atoms. The fourth-order valence-corrected chi connectivity index (χ4v) is 3.00. The van der Waals surface area contributed by atoms with E-state index in [1.807, 2.05) is 25.1 Å². The van der Waals surface area contributed by atoms with Crippen molar-refractivity contribution in [3.8, 4) is 5.69 Å². The molecule has 6 nitrogen and oxygen atoms in total.